The lowest BCUT2D eigenvalue weighted by atomic mass is 10.1. The van der Waals surface area contributed by atoms with Crippen molar-refractivity contribution in [1.82, 2.24) is 18.6 Å². The summed E-state index contributed by atoms with van der Waals surface area (Å²) < 4.78 is 72.1. The van der Waals surface area contributed by atoms with Crippen molar-refractivity contribution in [3.05, 3.63) is 47.3 Å². The molecule has 4 heterocycles. The molecule has 1 aliphatic rings. The highest BCUT2D eigenvalue weighted by molar-refractivity contribution is 7.88. The van der Waals surface area contributed by atoms with E-state index in [4.69, 9.17) is 16.0 Å². The third kappa shape index (κ3) is 4.21. The molecule has 1 aliphatic heterocycles. The highest BCUT2D eigenvalue weighted by Gasteiger charge is 2.37. The van der Waals surface area contributed by atoms with Gasteiger partial charge in [0.2, 0.25) is 10.0 Å². The van der Waals surface area contributed by atoms with Crippen LogP contribution < -0.4 is 0 Å². The highest BCUT2D eigenvalue weighted by atomic mass is 35.5. The molecule has 13 heteroatoms. The molecule has 0 aromatic carbocycles. The number of furan rings is 1. The van der Waals surface area contributed by atoms with Crippen LogP contribution in [0.3, 0.4) is 0 Å². The van der Waals surface area contributed by atoms with Gasteiger partial charge in [0.25, 0.3) is 5.91 Å². The Bertz CT molecular complexity index is 1270. The normalized spacial score (nSPS) is 16.5. The maximum Gasteiger partial charge on any atom is 0.420 e. The molecule has 0 spiro atoms. The molecule has 172 valence electrons. The standard InChI is InChI=1S/C19H18ClF3N4O4S/c1-32(29,30)26-5-2-4-25(6-7-26)18(28)15-16(20)27-10-13(12-3-8-31-11-12)9-14(17(27)24-15)19(21,22)23/h3,8-11H,2,4-7H2,1H3. The van der Waals surface area contributed by atoms with E-state index in [-0.39, 0.29) is 42.6 Å². The fourth-order valence-electron chi connectivity index (χ4n) is 3.63. The zero-order valence-electron chi connectivity index (χ0n) is 16.8. The number of hydrogen-bond donors (Lipinski definition) is 0. The number of halogens is 4. The van der Waals surface area contributed by atoms with Gasteiger partial charge in [-0.25, -0.2) is 17.7 Å². The molecule has 0 radical (unpaired) electrons. The van der Waals surface area contributed by atoms with Crippen LogP contribution >= 0.6 is 11.6 Å². The summed E-state index contributed by atoms with van der Waals surface area (Å²) in [5.74, 6) is -0.660. The number of alkyl halides is 3. The number of carbonyl (C=O) groups excluding carboxylic acids is 1. The summed E-state index contributed by atoms with van der Waals surface area (Å²) in [6.07, 6.45) is 0.700. The highest BCUT2D eigenvalue weighted by Crippen LogP contribution is 2.37. The minimum absolute atomic E-state index is 0.0719. The van der Waals surface area contributed by atoms with Gasteiger partial charge >= 0.3 is 6.18 Å². The molecule has 8 nitrogen and oxygen atoms in total. The number of hydrogen-bond acceptors (Lipinski definition) is 5. The first kappa shape index (κ1) is 22.6. The molecular formula is C19H18ClF3N4O4S. The predicted molar refractivity (Wildman–Crippen MR) is 110 cm³/mol. The first-order valence-electron chi connectivity index (χ1n) is 9.52. The van der Waals surface area contributed by atoms with Gasteiger partial charge in [0.1, 0.15) is 5.15 Å². The fraction of sp³-hybridized carbons (Fsp3) is 0.368. The van der Waals surface area contributed by atoms with E-state index in [1.165, 1.54) is 34.0 Å². The van der Waals surface area contributed by atoms with Crippen LogP contribution in [0.5, 0.6) is 0 Å². The van der Waals surface area contributed by atoms with Gasteiger partial charge in [-0.1, -0.05) is 11.6 Å². The summed E-state index contributed by atoms with van der Waals surface area (Å²) in [6.45, 7) is 0.617. The molecule has 1 saturated heterocycles. The number of amides is 1. The number of sulfonamides is 1. The Balaban J connectivity index is 1.75. The van der Waals surface area contributed by atoms with E-state index >= 15 is 0 Å². The Kier molecular flexibility index (Phi) is 5.72. The minimum Gasteiger partial charge on any atom is -0.472 e. The molecule has 0 N–H and O–H groups in total. The summed E-state index contributed by atoms with van der Waals surface area (Å²) in [7, 11) is -3.42. The first-order chi connectivity index (χ1) is 15.0. The van der Waals surface area contributed by atoms with Crippen molar-refractivity contribution in [2.75, 3.05) is 32.4 Å². The van der Waals surface area contributed by atoms with Gasteiger partial charge in [0.05, 0.1) is 24.3 Å². The summed E-state index contributed by atoms with van der Waals surface area (Å²) in [5, 5.41) is -0.259. The van der Waals surface area contributed by atoms with Crippen molar-refractivity contribution in [2.45, 2.75) is 12.6 Å². The maximum atomic E-state index is 13.8. The van der Waals surface area contributed by atoms with Crippen molar-refractivity contribution in [2.24, 2.45) is 0 Å². The number of carbonyl (C=O) groups is 1. The molecule has 0 saturated carbocycles. The molecule has 3 aromatic rings. The van der Waals surface area contributed by atoms with Crippen LogP contribution in [0.25, 0.3) is 16.8 Å². The molecule has 32 heavy (non-hydrogen) atoms. The number of nitrogens with zero attached hydrogens (tertiary/aromatic N) is 4. The zero-order chi connectivity index (χ0) is 23.3. The average Bonchev–Trinajstić information content (AvgIpc) is 3.26. The maximum absolute atomic E-state index is 13.8. The first-order valence-corrected chi connectivity index (χ1v) is 11.7. The second-order valence-corrected chi connectivity index (χ2v) is 9.75. The van der Waals surface area contributed by atoms with Gasteiger partial charge < -0.3 is 9.32 Å². The fourth-order valence-corrected chi connectivity index (χ4v) is 4.75. The zero-order valence-corrected chi connectivity index (χ0v) is 18.3. The molecule has 1 amide bonds. The summed E-state index contributed by atoms with van der Waals surface area (Å²) in [5.41, 5.74) is -1.27. The molecule has 0 bridgehead atoms. The molecule has 0 aliphatic carbocycles. The molecule has 1 fully saturated rings. The van der Waals surface area contributed by atoms with E-state index in [1.807, 2.05) is 0 Å². The van der Waals surface area contributed by atoms with E-state index in [1.54, 1.807) is 0 Å². The number of pyridine rings is 1. The summed E-state index contributed by atoms with van der Waals surface area (Å²) in [4.78, 5) is 18.4. The van der Waals surface area contributed by atoms with E-state index in [2.05, 4.69) is 4.98 Å². The van der Waals surface area contributed by atoms with Crippen LogP contribution in [0, 0.1) is 0 Å². The van der Waals surface area contributed by atoms with Gasteiger partial charge in [0.15, 0.2) is 11.3 Å². The average molecular weight is 491 g/mol. The van der Waals surface area contributed by atoms with Gasteiger partial charge in [-0.2, -0.15) is 13.2 Å². The predicted octanol–water partition coefficient (Wildman–Crippen LogP) is 3.37. The largest absolute Gasteiger partial charge is 0.472 e. The Morgan fingerprint density at radius 3 is 2.56 bits per heavy atom. The van der Waals surface area contributed by atoms with Crippen LogP contribution in [0.1, 0.15) is 22.5 Å². The molecule has 4 rings (SSSR count). The van der Waals surface area contributed by atoms with Crippen LogP contribution in [-0.2, 0) is 16.2 Å². The molecule has 0 unspecified atom stereocenters. The topological polar surface area (TPSA) is 88.1 Å². The van der Waals surface area contributed by atoms with Crippen molar-refractivity contribution >= 4 is 33.2 Å². The van der Waals surface area contributed by atoms with Crippen molar-refractivity contribution in [3.8, 4) is 11.1 Å². The van der Waals surface area contributed by atoms with Crippen LogP contribution in [0.2, 0.25) is 5.15 Å². The lowest BCUT2D eigenvalue weighted by Crippen LogP contribution is -2.37. The van der Waals surface area contributed by atoms with Crippen molar-refractivity contribution in [3.63, 3.8) is 0 Å². The van der Waals surface area contributed by atoms with Crippen molar-refractivity contribution in [1.29, 1.82) is 0 Å². The number of rotatable bonds is 3. The van der Waals surface area contributed by atoms with Gasteiger partial charge in [0, 0.05) is 43.5 Å². The SMILES string of the molecule is CS(=O)(=O)N1CCCN(C(=O)c2nc3c(C(F)(F)F)cc(-c4ccoc4)cn3c2Cl)CC1. The molecule has 3 aromatic heterocycles. The van der Waals surface area contributed by atoms with Crippen LogP contribution in [0.15, 0.2) is 35.3 Å². The number of aromatic nitrogens is 2. The van der Waals surface area contributed by atoms with Gasteiger partial charge in [-0.05, 0) is 18.6 Å². The Morgan fingerprint density at radius 1 is 1.19 bits per heavy atom. The Hall–Kier alpha value is -2.57. The summed E-state index contributed by atoms with van der Waals surface area (Å²) in [6, 6.07) is 2.43. The molecule has 0 atom stereocenters. The smallest absolute Gasteiger partial charge is 0.420 e. The third-order valence-corrected chi connectivity index (χ3v) is 6.90. The third-order valence-electron chi connectivity index (χ3n) is 5.24. The molecular weight excluding hydrogens is 473 g/mol. The quantitative estimate of drug-likeness (QED) is 0.561. The Morgan fingerprint density at radius 2 is 1.94 bits per heavy atom. The second kappa shape index (κ2) is 8.09. The van der Waals surface area contributed by atoms with E-state index < -0.39 is 33.3 Å². The van der Waals surface area contributed by atoms with Gasteiger partial charge in [-0.3, -0.25) is 9.20 Å². The Labute approximate surface area is 186 Å². The minimum atomic E-state index is -4.74. The summed E-state index contributed by atoms with van der Waals surface area (Å²) >= 11 is 6.32. The van der Waals surface area contributed by atoms with Crippen LogP contribution in [-0.4, -0.2) is 65.3 Å². The van der Waals surface area contributed by atoms with Crippen LogP contribution in [0.4, 0.5) is 13.2 Å². The lowest BCUT2D eigenvalue weighted by Gasteiger charge is -2.20. The van der Waals surface area contributed by atoms with E-state index in [9.17, 15) is 26.4 Å². The van der Waals surface area contributed by atoms with E-state index in [0.29, 0.717) is 12.0 Å². The number of fused-ring (bicyclic) bond motifs is 1. The van der Waals surface area contributed by atoms with Gasteiger partial charge in [-0.15, -0.1) is 0 Å². The van der Waals surface area contributed by atoms with Crippen molar-refractivity contribution < 1.29 is 30.8 Å². The second-order valence-electron chi connectivity index (χ2n) is 7.40. The monoisotopic (exact) mass is 490 g/mol. The van der Waals surface area contributed by atoms with E-state index in [0.717, 1.165) is 16.7 Å². The number of imidazole rings is 1. The lowest BCUT2D eigenvalue weighted by molar-refractivity contribution is -0.136.